The summed E-state index contributed by atoms with van der Waals surface area (Å²) in [5, 5.41) is 12.3. The summed E-state index contributed by atoms with van der Waals surface area (Å²) in [7, 11) is -3.61. The number of sulfonamides is 1. The zero-order valence-electron chi connectivity index (χ0n) is 12.3. The quantitative estimate of drug-likeness (QED) is 0.864. The minimum absolute atomic E-state index is 0.0425. The van der Waals surface area contributed by atoms with Gasteiger partial charge in [-0.15, -0.1) is 0 Å². The second kappa shape index (κ2) is 7.10. The summed E-state index contributed by atoms with van der Waals surface area (Å²) in [6, 6.07) is 6.88. The first kappa shape index (κ1) is 20.4. The molecule has 1 rings (SSSR count). The van der Waals surface area contributed by atoms with Gasteiger partial charge in [0.05, 0.1) is 4.90 Å². The fourth-order valence-electron chi connectivity index (χ4n) is 1.50. The molecule has 0 aliphatic rings. The highest BCUT2D eigenvalue weighted by atomic mass is 32.2. The van der Waals surface area contributed by atoms with Gasteiger partial charge in [-0.3, -0.25) is 0 Å². The van der Waals surface area contributed by atoms with E-state index in [-0.39, 0.29) is 10.3 Å². The van der Waals surface area contributed by atoms with Crippen molar-refractivity contribution >= 4 is 16.0 Å². The van der Waals surface area contributed by atoms with Gasteiger partial charge >= 0.3 is 12.1 Å². The van der Waals surface area contributed by atoms with Gasteiger partial charge in [0.2, 0.25) is 10.0 Å². The van der Waals surface area contributed by atoms with Crippen LogP contribution in [0.1, 0.15) is 26.3 Å². The minimum Gasteiger partial charge on any atom is -0.475 e. The number of rotatable bonds is 2. The van der Waals surface area contributed by atoms with Gasteiger partial charge in [0, 0.05) is 0 Å². The van der Waals surface area contributed by atoms with Crippen molar-refractivity contribution in [3.63, 3.8) is 0 Å². The van der Waals surface area contributed by atoms with E-state index in [0.717, 1.165) is 5.56 Å². The number of nitrogens with two attached hydrogens (primary N) is 1. The molecule has 0 spiro atoms. The largest absolute Gasteiger partial charge is 0.490 e. The molecule has 0 atom stereocenters. The molecule has 0 saturated carbocycles. The average molecular weight is 341 g/mol. The van der Waals surface area contributed by atoms with E-state index in [4.69, 9.17) is 15.0 Å². The van der Waals surface area contributed by atoms with Crippen LogP contribution in [0.25, 0.3) is 0 Å². The lowest BCUT2D eigenvalue weighted by molar-refractivity contribution is -0.192. The first-order chi connectivity index (χ1) is 9.64. The standard InChI is InChI=1S/C11H17NO2S.C2HF3O2/c1-11(2,3)8-9-6-4-5-7-10(9)15(12,13)14;3-2(4,5)1(6)7/h4-7H,8H2,1-3H3,(H2,12,13,14);(H,6,7). The Hall–Kier alpha value is -1.61. The molecule has 3 N–H and O–H groups in total. The van der Waals surface area contributed by atoms with E-state index in [1.54, 1.807) is 12.1 Å². The number of carbonyl (C=O) groups is 1. The van der Waals surface area contributed by atoms with Crippen molar-refractivity contribution in [3.8, 4) is 0 Å². The van der Waals surface area contributed by atoms with Crippen molar-refractivity contribution in [2.24, 2.45) is 10.6 Å². The summed E-state index contributed by atoms with van der Waals surface area (Å²) in [5.74, 6) is -2.76. The lowest BCUT2D eigenvalue weighted by Gasteiger charge is -2.19. The molecule has 126 valence electrons. The molecule has 9 heteroatoms. The topological polar surface area (TPSA) is 97.5 Å². The highest BCUT2D eigenvalue weighted by Crippen LogP contribution is 2.24. The van der Waals surface area contributed by atoms with Crippen LogP contribution in [0.3, 0.4) is 0 Å². The van der Waals surface area contributed by atoms with Crippen LogP contribution in [0, 0.1) is 5.41 Å². The van der Waals surface area contributed by atoms with Crippen molar-refractivity contribution in [2.75, 3.05) is 0 Å². The van der Waals surface area contributed by atoms with Gasteiger partial charge in [-0.1, -0.05) is 39.0 Å². The second-order valence-electron chi connectivity index (χ2n) is 5.69. The predicted molar refractivity (Wildman–Crippen MR) is 74.7 cm³/mol. The van der Waals surface area contributed by atoms with Crippen molar-refractivity contribution in [3.05, 3.63) is 29.8 Å². The molecule has 0 bridgehead atoms. The van der Waals surface area contributed by atoms with Crippen LogP contribution in [0.15, 0.2) is 29.2 Å². The molecule has 22 heavy (non-hydrogen) atoms. The Balaban J connectivity index is 0.000000534. The maximum Gasteiger partial charge on any atom is 0.490 e. The zero-order valence-corrected chi connectivity index (χ0v) is 13.1. The molecular weight excluding hydrogens is 323 g/mol. The summed E-state index contributed by atoms with van der Waals surface area (Å²) in [6.45, 7) is 6.19. The monoisotopic (exact) mass is 341 g/mol. The highest BCUT2D eigenvalue weighted by molar-refractivity contribution is 7.89. The summed E-state index contributed by atoms with van der Waals surface area (Å²) >= 11 is 0. The summed E-state index contributed by atoms with van der Waals surface area (Å²) in [6.07, 6.45) is -4.39. The Morgan fingerprint density at radius 2 is 1.59 bits per heavy atom. The molecule has 1 aromatic rings. The molecule has 0 radical (unpaired) electrons. The van der Waals surface area contributed by atoms with Crippen LogP contribution in [0.2, 0.25) is 0 Å². The number of primary sulfonamides is 1. The van der Waals surface area contributed by atoms with E-state index < -0.39 is 22.2 Å². The van der Waals surface area contributed by atoms with Gasteiger partial charge in [-0.05, 0) is 23.5 Å². The fourth-order valence-corrected chi connectivity index (χ4v) is 2.27. The predicted octanol–water partition coefficient (Wildman–Crippen LogP) is 2.56. The van der Waals surface area contributed by atoms with Crippen molar-refractivity contribution in [1.29, 1.82) is 0 Å². The second-order valence-corrected chi connectivity index (χ2v) is 7.22. The van der Waals surface area contributed by atoms with Gasteiger partial charge in [-0.25, -0.2) is 18.4 Å². The number of benzene rings is 1. The molecule has 0 aliphatic heterocycles. The molecule has 0 unspecified atom stereocenters. The van der Waals surface area contributed by atoms with Crippen LogP contribution in [-0.2, 0) is 21.2 Å². The third-order valence-electron chi connectivity index (χ3n) is 2.24. The van der Waals surface area contributed by atoms with E-state index in [1.165, 1.54) is 0 Å². The van der Waals surface area contributed by atoms with Crippen LogP contribution in [0.5, 0.6) is 0 Å². The number of hydrogen-bond acceptors (Lipinski definition) is 3. The number of aliphatic carboxylic acids is 1. The van der Waals surface area contributed by atoms with E-state index >= 15 is 0 Å². The molecule has 0 aliphatic carbocycles. The average Bonchev–Trinajstić information content (AvgIpc) is 2.25. The van der Waals surface area contributed by atoms with Gasteiger partial charge in [0.15, 0.2) is 0 Å². The van der Waals surface area contributed by atoms with Crippen LogP contribution < -0.4 is 5.14 Å². The molecule has 0 heterocycles. The maximum atomic E-state index is 11.3. The summed E-state index contributed by atoms with van der Waals surface area (Å²) in [5.41, 5.74) is 0.827. The molecule has 5 nitrogen and oxygen atoms in total. The first-order valence-corrected chi connectivity index (χ1v) is 7.60. The van der Waals surface area contributed by atoms with Gasteiger partial charge in [-0.2, -0.15) is 13.2 Å². The number of halogens is 3. The molecule has 0 saturated heterocycles. The third-order valence-corrected chi connectivity index (χ3v) is 3.25. The van der Waals surface area contributed by atoms with E-state index in [9.17, 15) is 21.6 Å². The number of carboxylic acid groups (broad SMARTS) is 1. The Bertz CT molecular complexity index is 619. The van der Waals surface area contributed by atoms with Crippen LogP contribution >= 0.6 is 0 Å². The number of hydrogen-bond donors (Lipinski definition) is 2. The number of carboxylic acids is 1. The van der Waals surface area contributed by atoms with Crippen molar-refractivity contribution < 1.29 is 31.5 Å². The van der Waals surface area contributed by atoms with Crippen molar-refractivity contribution in [2.45, 2.75) is 38.3 Å². The third kappa shape index (κ3) is 7.99. The molecular formula is C13H18F3NO4S. The first-order valence-electron chi connectivity index (χ1n) is 6.05. The summed E-state index contributed by atoms with van der Waals surface area (Å²) in [4.78, 5) is 9.13. The van der Waals surface area contributed by atoms with Gasteiger partial charge in [0.1, 0.15) is 0 Å². The molecule has 1 aromatic carbocycles. The Morgan fingerprint density at radius 1 is 1.18 bits per heavy atom. The SMILES string of the molecule is CC(C)(C)Cc1ccccc1S(N)(=O)=O.O=C(O)C(F)(F)F. The van der Waals surface area contributed by atoms with Crippen LogP contribution in [0.4, 0.5) is 13.2 Å². The van der Waals surface area contributed by atoms with Gasteiger partial charge in [0.25, 0.3) is 0 Å². The molecule has 0 amide bonds. The number of alkyl halides is 3. The zero-order chi connectivity index (χ0) is 17.8. The molecule has 0 aromatic heterocycles. The lowest BCUT2D eigenvalue weighted by atomic mass is 9.88. The Labute approximate surface area is 127 Å². The fraction of sp³-hybridized carbons (Fsp3) is 0.462. The van der Waals surface area contributed by atoms with Crippen LogP contribution in [-0.4, -0.2) is 25.7 Å². The van der Waals surface area contributed by atoms with Gasteiger partial charge < -0.3 is 5.11 Å². The smallest absolute Gasteiger partial charge is 0.475 e. The lowest BCUT2D eigenvalue weighted by Crippen LogP contribution is -2.21. The molecule has 0 fully saturated rings. The Morgan fingerprint density at radius 3 is 1.91 bits per heavy atom. The Kier molecular flexibility index (Phi) is 6.58. The van der Waals surface area contributed by atoms with E-state index in [0.29, 0.717) is 6.42 Å². The van der Waals surface area contributed by atoms with Crippen molar-refractivity contribution in [1.82, 2.24) is 0 Å². The summed E-state index contributed by atoms with van der Waals surface area (Å²) < 4.78 is 54.4. The van der Waals surface area contributed by atoms with E-state index in [1.807, 2.05) is 12.1 Å². The minimum atomic E-state index is -5.08. The normalized spacial score (nSPS) is 12.3. The van der Waals surface area contributed by atoms with E-state index in [2.05, 4.69) is 20.8 Å². The maximum absolute atomic E-state index is 11.3. The highest BCUT2D eigenvalue weighted by Gasteiger charge is 2.38.